The maximum atomic E-state index is 11.6. The zero-order chi connectivity index (χ0) is 14.5. The third-order valence-corrected chi connectivity index (χ3v) is 3.95. The first kappa shape index (κ1) is 14.8. The van der Waals surface area contributed by atoms with E-state index in [1.54, 1.807) is 0 Å². The highest BCUT2D eigenvalue weighted by atomic mass is 16.5. The van der Waals surface area contributed by atoms with E-state index in [4.69, 9.17) is 4.74 Å². The van der Waals surface area contributed by atoms with Gasteiger partial charge in [0.2, 0.25) is 0 Å². The Labute approximate surface area is 118 Å². The van der Waals surface area contributed by atoms with Gasteiger partial charge in [-0.1, -0.05) is 26.2 Å². The molecule has 0 spiro atoms. The van der Waals surface area contributed by atoms with Crippen LogP contribution in [0.25, 0.3) is 0 Å². The molecule has 20 heavy (non-hydrogen) atoms. The predicted octanol–water partition coefficient (Wildman–Crippen LogP) is 1.34. The molecule has 0 aromatic heterocycles. The smallest absolute Gasteiger partial charge is 0.321 e. The lowest BCUT2D eigenvalue weighted by atomic mass is 9.96. The van der Waals surface area contributed by atoms with E-state index < -0.39 is 11.9 Å². The number of urea groups is 1. The van der Waals surface area contributed by atoms with Gasteiger partial charge in [0.25, 0.3) is 5.91 Å². The number of carbonyl (C=O) groups is 3. The summed E-state index contributed by atoms with van der Waals surface area (Å²) >= 11 is 0. The molecule has 0 bridgehead atoms. The van der Waals surface area contributed by atoms with Crippen LogP contribution in [-0.4, -0.2) is 30.6 Å². The largest absolute Gasteiger partial charge is 0.455 e. The van der Waals surface area contributed by atoms with Crippen LogP contribution >= 0.6 is 0 Å². The molecule has 6 heteroatoms. The standard InChI is InChI=1S/C14H22N2O4/c1-9-7-11(9)13(18)20-8-12(17)16-14(19)15-10-5-3-2-4-6-10/h9-11H,2-8H2,1H3,(H2,15,16,17,19)/t9-,11+/m1/s1. The molecule has 2 atom stereocenters. The number of amides is 3. The van der Waals surface area contributed by atoms with E-state index in [-0.39, 0.29) is 24.5 Å². The maximum Gasteiger partial charge on any atom is 0.321 e. The Morgan fingerprint density at radius 3 is 2.40 bits per heavy atom. The summed E-state index contributed by atoms with van der Waals surface area (Å²) in [5.41, 5.74) is 0. The Morgan fingerprint density at radius 2 is 1.80 bits per heavy atom. The molecule has 6 nitrogen and oxygen atoms in total. The SMILES string of the molecule is C[C@@H]1C[C@@H]1C(=O)OCC(=O)NC(=O)NC1CCCCC1. The van der Waals surface area contributed by atoms with Crippen LogP contribution < -0.4 is 10.6 Å². The van der Waals surface area contributed by atoms with Gasteiger partial charge < -0.3 is 10.1 Å². The van der Waals surface area contributed by atoms with E-state index in [2.05, 4.69) is 10.6 Å². The van der Waals surface area contributed by atoms with Crippen LogP contribution in [-0.2, 0) is 14.3 Å². The molecule has 112 valence electrons. The molecule has 2 fully saturated rings. The van der Waals surface area contributed by atoms with Crippen molar-refractivity contribution in [3.8, 4) is 0 Å². The number of ether oxygens (including phenoxy) is 1. The Balaban J connectivity index is 1.60. The summed E-state index contributed by atoms with van der Waals surface area (Å²) in [6.45, 7) is 1.57. The summed E-state index contributed by atoms with van der Waals surface area (Å²) in [4.78, 5) is 34.5. The quantitative estimate of drug-likeness (QED) is 0.762. The molecule has 0 heterocycles. The van der Waals surface area contributed by atoms with Gasteiger partial charge >= 0.3 is 12.0 Å². The molecule has 2 N–H and O–H groups in total. The lowest BCUT2D eigenvalue weighted by molar-refractivity contribution is -0.149. The van der Waals surface area contributed by atoms with Crippen molar-refractivity contribution >= 4 is 17.9 Å². The topological polar surface area (TPSA) is 84.5 Å². The summed E-state index contributed by atoms with van der Waals surface area (Å²) < 4.78 is 4.86. The van der Waals surface area contributed by atoms with Gasteiger partial charge in [0.05, 0.1) is 5.92 Å². The molecule has 0 aromatic rings. The first-order chi connectivity index (χ1) is 9.56. The minimum Gasteiger partial charge on any atom is -0.455 e. The monoisotopic (exact) mass is 282 g/mol. The van der Waals surface area contributed by atoms with Crippen molar-refractivity contribution in [1.82, 2.24) is 10.6 Å². The lowest BCUT2D eigenvalue weighted by Crippen LogP contribution is -2.46. The molecular weight excluding hydrogens is 260 g/mol. The van der Waals surface area contributed by atoms with E-state index in [1.165, 1.54) is 6.42 Å². The van der Waals surface area contributed by atoms with Crippen molar-refractivity contribution < 1.29 is 19.1 Å². The van der Waals surface area contributed by atoms with Crippen LogP contribution in [0.3, 0.4) is 0 Å². The van der Waals surface area contributed by atoms with E-state index in [1.807, 2.05) is 6.92 Å². The van der Waals surface area contributed by atoms with E-state index >= 15 is 0 Å². The minimum atomic E-state index is -0.583. The predicted molar refractivity (Wildman–Crippen MR) is 71.8 cm³/mol. The maximum absolute atomic E-state index is 11.6. The fourth-order valence-electron chi connectivity index (χ4n) is 2.53. The zero-order valence-electron chi connectivity index (χ0n) is 11.8. The van der Waals surface area contributed by atoms with Gasteiger partial charge in [-0.15, -0.1) is 0 Å². The average Bonchev–Trinajstić information content (AvgIpc) is 3.14. The van der Waals surface area contributed by atoms with Crippen LogP contribution in [0.1, 0.15) is 45.4 Å². The van der Waals surface area contributed by atoms with Crippen molar-refractivity contribution in [2.45, 2.75) is 51.5 Å². The highest BCUT2D eigenvalue weighted by Gasteiger charge is 2.40. The summed E-state index contributed by atoms with van der Waals surface area (Å²) in [5.74, 6) is -0.653. The molecule has 0 unspecified atom stereocenters. The molecule has 0 aromatic carbocycles. The van der Waals surface area contributed by atoms with Crippen molar-refractivity contribution in [2.24, 2.45) is 11.8 Å². The number of carbonyl (C=O) groups excluding carboxylic acids is 3. The van der Waals surface area contributed by atoms with Gasteiger partial charge in [0, 0.05) is 6.04 Å². The number of rotatable bonds is 4. The Morgan fingerprint density at radius 1 is 1.15 bits per heavy atom. The van der Waals surface area contributed by atoms with Gasteiger partial charge in [-0.2, -0.15) is 0 Å². The van der Waals surface area contributed by atoms with Crippen molar-refractivity contribution in [2.75, 3.05) is 6.61 Å². The van der Waals surface area contributed by atoms with E-state index in [9.17, 15) is 14.4 Å². The number of hydrogen-bond donors (Lipinski definition) is 2. The number of nitrogens with one attached hydrogen (secondary N) is 2. The van der Waals surface area contributed by atoms with Crippen LogP contribution in [0, 0.1) is 11.8 Å². The van der Waals surface area contributed by atoms with Gasteiger partial charge in [-0.05, 0) is 25.2 Å². The van der Waals surface area contributed by atoms with E-state index in [0.717, 1.165) is 32.1 Å². The van der Waals surface area contributed by atoms with Crippen molar-refractivity contribution in [3.63, 3.8) is 0 Å². The molecule has 0 radical (unpaired) electrons. The normalized spacial score (nSPS) is 25.6. The lowest BCUT2D eigenvalue weighted by Gasteiger charge is -2.22. The van der Waals surface area contributed by atoms with Crippen LogP contribution in [0.2, 0.25) is 0 Å². The van der Waals surface area contributed by atoms with Crippen LogP contribution in [0.15, 0.2) is 0 Å². The highest BCUT2D eigenvalue weighted by Crippen LogP contribution is 2.38. The number of hydrogen-bond acceptors (Lipinski definition) is 4. The summed E-state index contributed by atoms with van der Waals surface area (Å²) in [5, 5.41) is 4.96. The van der Waals surface area contributed by atoms with Gasteiger partial charge in [0.15, 0.2) is 6.61 Å². The van der Waals surface area contributed by atoms with Crippen LogP contribution in [0.4, 0.5) is 4.79 Å². The second-order valence-corrected chi connectivity index (χ2v) is 5.78. The van der Waals surface area contributed by atoms with Crippen molar-refractivity contribution in [3.05, 3.63) is 0 Å². The molecule has 2 aliphatic rings. The fraction of sp³-hybridized carbons (Fsp3) is 0.786. The summed E-state index contributed by atoms with van der Waals surface area (Å²) in [6.07, 6.45) is 6.15. The zero-order valence-corrected chi connectivity index (χ0v) is 11.8. The minimum absolute atomic E-state index is 0.0705. The Kier molecular flexibility index (Phi) is 4.98. The Hall–Kier alpha value is -1.59. The molecule has 2 rings (SSSR count). The first-order valence-electron chi connectivity index (χ1n) is 7.33. The van der Waals surface area contributed by atoms with Crippen LogP contribution in [0.5, 0.6) is 0 Å². The average molecular weight is 282 g/mol. The highest BCUT2D eigenvalue weighted by molar-refractivity contribution is 5.95. The second-order valence-electron chi connectivity index (χ2n) is 5.78. The number of imide groups is 1. The molecule has 0 saturated heterocycles. The van der Waals surface area contributed by atoms with Gasteiger partial charge in [0.1, 0.15) is 0 Å². The first-order valence-corrected chi connectivity index (χ1v) is 7.33. The van der Waals surface area contributed by atoms with Gasteiger partial charge in [-0.25, -0.2) is 4.79 Å². The molecule has 2 saturated carbocycles. The van der Waals surface area contributed by atoms with Crippen molar-refractivity contribution in [1.29, 1.82) is 0 Å². The Bertz CT molecular complexity index is 391. The molecular formula is C14H22N2O4. The van der Waals surface area contributed by atoms with Gasteiger partial charge in [-0.3, -0.25) is 14.9 Å². The third kappa shape index (κ3) is 4.51. The second kappa shape index (κ2) is 6.72. The summed E-state index contributed by atoms with van der Waals surface area (Å²) in [6, 6.07) is -0.357. The summed E-state index contributed by atoms with van der Waals surface area (Å²) in [7, 11) is 0. The molecule has 0 aliphatic heterocycles. The fourth-order valence-corrected chi connectivity index (χ4v) is 2.53. The number of esters is 1. The third-order valence-electron chi connectivity index (χ3n) is 3.95. The molecule has 3 amide bonds. The van der Waals surface area contributed by atoms with E-state index in [0.29, 0.717) is 5.92 Å². The molecule has 2 aliphatic carbocycles.